The van der Waals surface area contributed by atoms with Crippen LogP contribution in [0.25, 0.3) is 11.1 Å². The predicted octanol–water partition coefficient (Wildman–Crippen LogP) is 7.95. The first kappa shape index (κ1) is 34.5. The molecule has 2 rings (SSSR count). The van der Waals surface area contributed by atoms with Gasteiger partial charge >= 0.3 is 0 Å². The Balaban J connectivity index is 1.93. The minimum absolute atomic E-state index is 0.242. The molecule has 0 spiro atoms. The lowest BCUT2D eigenvalue weighted by atomic mass is 10.0. The molecule has 0 aromatic heterocycles. The topological polar surface area (TPSA) is 40.5 Å². The lowest BCUT2D eigenvalue weighted by Crippen LogP contribution is -2.46. The summed E-state index contributed by atoms with van der Waals surface area (Å²) in [5.74, 6) is 0. The Bertz CT molecular complexity index is 823. The zero-order chi connectivity index (χ0) is 29.1. The Morgan fingerprint density at radius 1 is 0.450 bits per heavy atom. The van der Waals surface area contributed by atoms with Crippen molar-refractivity contribution >= 4 is 0 Å². The second kappa shape index (κ2) is 19.4. The molecule has 2 unspecified atom stereocenters. The van der Waals surface area contributed by atoms with Crippen molar-refractivity contribution < 1.29 is 19.2 Å². The summed E-state index contributed by atoms with van der Waals surface area (Å²) in [5.41, 5.74) is 5.19. The summed E-state index contributed by atoms with van der Waals surface area (Å²) in [6, 6.07) is 18.1. The first-order valence-electron chi connectivity index (χ1n) is 16.4. The van der Waals surface area contributed by atoms with Gasteiger partial charge in [0.05, 0.1) is 40.4 Å². The highest BCUT2D eigenvalue weighted by Crippen LogP contribution is 2.24. The number of benzene rings is 2. The van der Waals surface area contributed by atoms with E-state index in [0.717, 1.165) is 48.2 Å². The second-order valence-electron chi connectivity index (χ2n) is 12.8. The molecule has 0 radical (unpaired) electrons. The molecule has 0 saturated carbocycles. The zero-order valence-electron chi connectivity index (χ0n) is 26.5. The van der Waals surface area contributed by atoms with E-state index in [-0.39, 0.29) is 13.2 Å². The van der Waals surface area contributed by atoms with E-state index in [1.54, 1.807) is 0 Å². The molecule has 4 heteroatoms. The number of nitrogens with zero attached hydrogens (tertiary/aromatic N) is 2. The van der Waals surface area contributed by atoms with Crippen LogP contribution < -0.4 is 0 Å². The average Bonchev–Trinajstić information content (AvgIpc) is 2.94. The van der Waals surface area contributed by atoms with Gasteiger partial charge in [0, 0.05) is 11.1 Å². The molecule has 0 aliphatic heterocycles. The predicted molar refractivity (Wildman–Crippen MR) is 172 cm³/mol. The molecule has 0 bridgehead atoms. The van der Waals surface area contributed by atoms with Crippen molar-refractivity contribution in [3.63, 3.8) is 0 Å². The van der Waals surface area contributed by atoms with Crippen LogP contribution in [0.4, 0.5) is 0 Å². The van der Waals surface area contributed by atoms with Crippen LogP contribution in [-0.2, 0) is 13.1 Å². The standard InChI is InChI=1S/C36H62N2O2/c1-5-7-9-11-13-15-25-37(3,27-29-39)31-33-17-21-35(22-18-33)36-23-19-34(20-24-36)32-38(4,28-30-40)26-16-14-12-10-8-6-2/h17-24,39-40H,5-16,25-32H2,1-4H3/q+2. The molecular formula is C36H62N2O2+2. The van der Waals surface area contributed by atoms with E-state index < -0.39 is 0 Å². The fraction of sp³-hybridized carbons (Fsp3) is 0.667. The first-order chi connectivity index (χ1) is 19.4. The highest BCUT2D eigenvalue weighted by Gasteiger charge is 2.22. The van der Waals surface area contributed by atoms with E-state index in [9.17, 15) is 10.2 Å². The monoisotopic (exact) mass is 554 g/mol. The second-order valence-corrected chi connectivity index (χ2v) is 12.8. The average molecular weight is 555 g/mol. The van der Waals surface area contributed by atoms with Gasteiger partial charge in [-0.05, 0) is 36.8 Å². The van der Waals surface area contributed by atoms with Crippen molar-refractivity contribution in [3.05, 3.63) is 59.7 Å². The maximum atomic E-state index is 9.72. The van der Waals surface area contributed by atoms with Gasteiger partial charge in [-0.3, -0.25) is 0 Å². The molecule has 0 saturated heterocycles. The molecule has 4 nitrogen and oxygen atoms in total. The number of likely N-dealkylation sites (N-methyl/N-ethyl adjacent to an activating group) is 2. The molecule has 0 amide bonds. The van der Waals surface area contributed by atoms with Gasteiger partial charge in [-0.25, -0.2) is 0 Å². The van der Waals surface area contributed by atoms with Crippen LogP contribution in [0.5, 0.6) is 0 Å². The third kappa shape index (κ3) is 13.3. The number of rotatable bonds is 23. The Kier molecular flexibility index (Phi) is 16.7. The van der Waals surface area contributed by atoms with Crippen LogP contribution in [-0.4, -0.2) is 72.7 Å². The third-order valence-corrected chi connectivity index (χ3v) is 8.75. The van der Waals surface area contributed by atoms with E-state index in [2.05, 4.69) is 76.5 Å². The van der Waals surface area contributed by atoms with E-state index in [1.165, 1.54) is 99.3 Å². The number of unbranched alkanes of at least 4 members (excludes halogenated alkanes) is 10. The molecule has 226 valence electrons. The van der Waals surface area contributed by atoms with Crippen molar-refractivity contribution in [1.29, 1.82) is 0 Å². The fourth-order valence-electron chi connectivity index (χ4n) is 6.06. The molecule has 2 aromatic rings. The van der Waals surface area contributed by atoms with Crippen molar-refractivity contribution in [2.75, 3.05) is 53.5 Å². The lowest BCUT2D eigenvalue weighted by Gasteiger charge is -2.34. The van der Waals surface area contributed by atoms with Crippen molar-refractivity contribution in [3.8, 4) is 11.1 Å². The molecule has 40 heavy (non-hydrogen) atoms. The van der Waals surface area contributed by atoms with E-state index >= 15 is 0 Å². The van der Waals surface area contributed by atoms with E-state index in [0.29, 0.717) is 0 Å². The summed E-state index contributed by atoms with van der Waals surface area (Å²) in [4.78, 5) is 0. The smallest absolute Gasteiger partial charge is 0.104 e. The van der Waals surface area contributed by atoms with Crippen LogP contribution >= 0.6 is 0 Å². The number of hydrogen-bond donors (Lipinski definition) is 2. The van der Waals surface area contributed by atoms with Crippen molar-refractivity contribution in [2.45, 2.75) is 104 Å². The summed E-state index contributed by atoms with van der Waals surface area (Å²) < 4.78 is 1.81. The quantitative estimate of drug-likeness (QED) is 0.108. The Labute approximate surface area is 247 Å². The molecule has 2 aromatic carbocycles. The van der Waals surface area contributed by atoms with Gasteiger partial charge < -0.3 is 19.2 Å². The van der Waals surface area contributed by atoms with Gasteiger partial charge in [0.15, 0.2) is 0 Å². The molecule has 2 atom stereocenters. The Hall–Kier alpha value is -1.72. The summed E-state index contributed by atoms with van der Waals surface area (Å²) in [6.45, 7) is 10.8. The third-order valence-electron chi connectivity index (χ3n) is 8.75. The normalized spacial score (nSPS) is 14.7. The molecule has 0 fully saturated rings. The lowest BCUT2D eigenvalue weighted by molar-refractivity contribution is -0.923. The van der Waals surface area contributed by atoms with Gasteiger partial charge in [0.1, 0.15) is 26.2 Å². The van der Waals surface area contributed by atoms with Crippen LogP contribution in [0, 0.1) is 0 Å². The number of aliphatic hydroxyl groups is 2. The SMILES string of the molecule is CCCCCCCC[N+](C)(CCO)Cc1ccc(-c2ccc(C[N+](C)(CCO)CCCCCCCC)cc2)cc1. The van der Waals surface area contributed by atoms with Gasteiger partial charge in [-0.15, -0.1) is 0 Å². The summed E-state index contributed by atoms with van der Waals surface area (Å²) >= 11 is 0. The Morgan fingerprint density at radius 3 is 1.10 bits per heavy atom. The van der Waals surface area contributed by atoms with E-state index in [4.69, 9.17) is 0 Å². The maximum Gasteiger partial charge on any atom is 0.104 e. The van der Waals surface area contributed by atoms with Crippen LogP contribution in [0.3, 0.4) is 0 Å². The Morgan fingerprint density at radius 2 is 0.775 bits per heavy atom. The molecular weight excluding hydrogens is 492 g/mol. The van der Waals surface area contributed by atoms with Gasteiger partial charge in [-0.1, -0.05) is 114 Å². The molecule has 0 heterocycles. The summed E-state index contributed by atoms with van der Waals surface area (Å²) in [5, 5.41) is 19.4. The van der Waals surface area contributed by atoms with E-state index in [1.807, 2.05) is 0 Å². The highest BCUT2D eigenvalue weighted by atomic mass is 16.3. The number of aliphatic hydroxyl groups excluding tert-OH is 2. The van der Waals surface area contributed by atoms with Crippen molar-refractivity contribution in [2.24, 2.45) is 0 Å². The zero-order valence-corrected chi connectivity index (χ0v) is 26.5. The highest BCUT2D eigenvalue weighted by molar-refractivity contribution is 5.63. The molecule has 0 aliphatic carbocycles. The van der Waals surface area contributed by atoms with Gasteiger partial charge in [0.2, 0.25) is 0 Å². The van der Waals surface area contributed by atoms with Crippen LogP contribution in [0.2, 0.25) is 0 Å². The molecule has 0 aliphatic rings. The minimum Gasteiger partial charge on any atom is -0.391 e. The summed E-state index contributed by atoms with van der Waals surface area (Å²) in [6.07, 6.45) is 15.7. The minimum atomic E-state index is 0.242. The fourth-order valence-corrected chi connectivity index (χ4v) is 6.06. The van der Waals surface area contributed by atoms with Crippen molar-refractivity contribution in [1.82, 2.24) is 0 Å². The summed E-state index contributed by atoms with van der Waals surface area (Å²) in [7, 11) is 4.59. The largest absolute Gasteiger partial charge is 0.391 e. The van der Waals surface area contributed by atoms with Crippen LogP contribution in [0.15, 0.2) is 48.5 Å². The van der Waals surface area contributed by atoms with Gasteiger partial charge in [-0.2, -0.15) is 0 Å². The maximum absolute atomic E-state index is 9.72. The first-order valence-corrected chi connectivity index (χ1v) is 16.4. The van der Waals surface area contributed by atoms with Gasteiger partial charge in [0.25, 0.3) is 0 Å². The molecule has 2 N–H and O–H groups in total. The number of quaternary nitrogens is 2. The number of hydrogen-bond acceptors (Lipinski definition) is 2. The van der Waals surface area contributed by atoms with Crippen LogP contribution in [0.1, 0.15) is 102 Å².